The predicted molar refractivity (Wildman–Crippen MR) is 76.0 cm³/mol. The summed E-state index contributed by atoms with van der Waals surface area (Å²) in [6.45, 7) is 0. The zero-order valence-corrected chi connectivity index (χ0v) is 10.00. The van der Waals surface area contributed by atoms with Gasteiger partial charge in [-0.2, -0.15) is 0 Å². The van der Waals surface area contributed by atoms with Gasteiger partial charge in [0.15, 0.2) is 0 Å². The van der Waals surface area contributed by atoms with Crippen molar-refractivity contribution in [1.82, 2.24) is 0 Å². The van der Waals surface area contributed by atoms with E-state index in [4.69, 9.17) is 5.73 Å². The van der Waals surface area contributed by atoms with Gasteiger partial charge in [0.2, 0.25) is 0 Å². The molecule has 2 nitrogen and oxygen atoms in total. The summed E-state index contributed by atoms with van der Waals surface area (Å²) in [6, 6.07) is 16.2. The first kappa shape index (κ1) is 10.2. The van der Waals surface area contributed by atoms with Crippen molar-refractivity contribution in [3.8, 4) is 0 Å². The molecule has 0 saturated carbocycles. The van der Waals surface area contributed by atoms with E-state index in [2.05, 4.69) is 35.0 Å². The molecule has 0 spiro atoms. The third-order valence-corrected chi connectivity index (χ3v) is 3.59. The van der Waals surface area contributed by atoms with Crippen molar-refractivity contribution in [2.75, 3.05) is 11.1 Å². The number of para-hydroxylation sites is 2. The molecule has 0 fully saturated rings. The fourth-order valence-corrected chi connectivity index (χ4v) is 2.58. The minimum Gasteiger partial charge on any atom is -0.397 e. The second kappa shape index (κ2) is 4.11. The number of nitrogens with two attached hydrogens (primary N) is 1. The van der Waals surface area contributed by atoms with Crippen molar-refractivity contribution < 1.29 is 0 Å². The Hall–Kier alpha value is -2.00. The summed E-state index contributed by atoms with van der Waals surface area (Å²) in [6.07, 6.45) is 0. The first-order valence-corrected chi connectivity index (χ1v) is 6.30. The average molecular weight is 240 g/mol. The molecular weight excluding hydrogens is 228 g/mol. The molecule has 0 saturated heterocycles. The van der Waals surface area contributed by atoms with E-state index in [1.54, 1.807) is 11.3 Å². The van der Waals surface area contributed by atoms with Gasteiger partial charge in [-0.05, 0) is 47.2 Å². The highest BCUT2D eigenvalue weighted by Crippen LogP contribution is 2.27. The van der Waals surface area contributed by atoms with Gasteiger partial charge < -0.3 is 11.1 Å². The van der Waals surface area contributed by atoms with E-state index in [9.17, 15) is 0 Å². The van der Waals surface area contributed by atoms with Crippen LogP contribution in [0.5, 0.6) is 0 Å². The Balaban J connectivity index is 1.97. The number of thiophene rings is 1. The van der Waals surface area contributed by atoms with Crippen LogP contribution >= 0.6 is 11.3 Å². The van der Waals surface area contributed by atoms with Crippen LogP contribution in [0.2, 0.25) is 0 Å². The maximum atomic E-state index is 5.90. The van der Waals surface area contributed by atoms with Crippen molar-refractivity contribution in [3.63, 3.8) is 0 Å². The number of nitrogen functional groups attached to an aromatic ring is 1. The monoisotopic (exact) mass is 240 g/mol. The topological polar surface area (TPSA) is 38.0 Å². The van der Waals surface area contributed by atoms with Crippen molar-refractivity contribution in [1.29, 1.82) is 0 Å². The minimum absolute atomic E-state index is 0.762. The number of rotatable bonds is 2. The summed E-state index contributed by atoms with van der Waals surface area (Å²) in [5.41, 5.74) is 8.67. The van der Waals surface area contributed by atoms with E-state index >= 15 is 0 Å². The molecule has 17 heavy (non-hydrogen) atoms. The molecule has 0 unspecified atom stereocenters. The maximum Gasteiger partial charge on any atom is 0.0617 e. The molecule has 0 aliphatic rings. The van der Waals surface area contributed by atoms with Crippen LogP contribution in [-0.2, 0) is 0 Å². The summed E-state index contributed by atoms with van der Waals surface area (Å²) < 4.78 is 1.30. The third kappa shape index (κ3) is 1.97. The molecule has 0 radical (unpaired) electrons. The zero-order valence-electron chi connectivity index (χ0n) is 9.18. The van der Waals surface area contributed by atoms with Crippen molar-refractivity contribution in [3.05, 3.63) is 53.9 Å². The molecule has 1 heterocycles. The number of hydrogen-bond donors (Lipinski definition) is 2. The smallest absolute Gasteiger partial charge is 0.0617 e. The van der Waals surface area contributed by atoms with Gasteiger partial charge in [-0.3, -0.25) is 0 Å². The van der Waals surface area contributed by atoms with E-state index in [1.807, 2.05) is 24.3 Å². The van der Waals surface area contributed by atoms with Crippen LogP contribution in [0.25, 0.3) is 10.1 Å². The predicted octanol–water partition coefficient (Wildman–Crippen LogP) is 4.23. The van der Waals surface area contributed by atoms with E-state index in [0.717, 1.165) is 17.1 Å². The molecular formula is C14H12N2S. The first-order valence-electron chi connectivity index (χ1n) is 5.42. The number of hydrogen-bond acceptors (Lipinski definition) is 3. The molecule has 0 amide bonds. The van der Waals surface area contributed by atoms with Gasteiger partial charge in [-0.1, -0.05) is 12.1 Å². The third-order valence-electron chi connectivity index (χ3n) is 2.69. The summed E-state index contributed by atoms with van der Waals surface area (Å²) in [7, 11) is 0. The molecule has 3 heteroatoms. The van der Waals surface area contributed by atoms with E-state index in [1.165, 1.54) is 10.1 Å². The maximum absolute atomic E-state index is 5.90. The van der Waals surface area contributed by atoms with Gasteiger partial charge in [0.25, 0.3) is 0 Å². The fraction of sp³-hybridized carbons (Fsp3) is 0. The summed E-state index contributed by atoms with van der Waals surface area (Å²) in [5.74, 6) is 0. The zero-order chi connectivity index (χ0) is 11.7. The quantitative estimate of drug-likeness (QED) is 0.658. The molecule has 0 atom stereocenters. The van der Waals surface area contributed by atoms with E-state index in [-0.39, 0.29) is 0 Å². The molecule has 3 aromatic rings. The molecule has 0 aliphatic heterocycles. The number of nitrogens with one attached hydrogen (secondary N) is 1. The molecule has 2 aromatic carbocycles. The Kier molecular flexibility index (Phi) is 2.46. The van der Waals surface area contributed by atoms with Gasteiger partial charge >= 0.3 is 0 Å². The number of anilines is 3. The lowest BCUT2D eigenvalue weighted by Gasteiger charge is -2.08. The first-order chi connectivity index (χ1) is 8.33. The minimum atomic E-state index is 0.762. The lowest BCUT2D eigenvalue weighted by atomic mass is 10.2. The Bertz CT molecular complexity index is 658. The molecule has 3 N–H and O–H groups in total. The largest absolute Gasteiger partial charge is 0.397 e. The second-order valence-corrected chi connectivity index (χ2v) is 4.83. The molecule has 0 bridgehead atoms. The second-order valence-electron chi connectivity index (χ2n) is 3.89. The van der Waals surface area contributed by atoms with Crippen LogP contribution in [0.4, 0.5) is 17.1 Å². The van der Waals surface area contributed by atoms with Crippen LogP contribution in [0.3, 0.4) is 0 Å². The van der Waals surface area contributed by atoms with E-state index < -0.39 is 0 Å². The van der Waals surface area contributed by atoms with Crippen LogP contribution in [0, 0.1) is 0 Å². The Labute approximate surface area is 104 Å². The fourth-order valence-electron chi connectivity index (χ4n) is 1.81. The normalized spacial score (nSPS) is 10.6. The SMILES string of the molecule is Nc1ccccc1Nc1ccc2sccc2c1. The molecule has 84 valence electrons. The highest BCUT2D eigenvalue weighted by Gasteiger charge is 2.00. The Morgan fingerprint density at radius 1 is 1.00 bits per heavy atom. The Morgan fingerprint density at radius 2 is 1.88 bits per heavy atom. The number of fused-ring (bicyclic) bond motifs is 1. The van der Waals surface area contributed by atoms with Crippen molar-refractivity contribution in [2.45, 2.75) is 0 Å². The van der Waals surface area contributed by atoms with Crippen molar-refractivity contribution in [2.24, 2.45) is 0 Å². The van der Waals surface area contributed by atoms with Crippen LogP contribution in [0.1, 0.15) is 0 Å². The highest BCUT2D eigenvalue weighted by atomic mass is 32.1. The molecule has 1 aromatic heterocycles. The van der Waals surface area contributed by atoms with Gasteiger partial charge in [0.1, 0.15) is 0 Å². The van der Waals surface area contributed by atoms with Gasteiger partial charge in [-0.25, -0.2) is 0 Å². The van der Waals surface area contributed by atoms with Crippen LogP contribution < -0.4 is 11.1 Å². The lowest BCUT2D eigenvalue weighted by molar-refractivity contribution is 1.57. The number of benzene rings is 2. The Morgan fingerprint density at radius 3 is 2.76 bits per heavy atom. The molecule has 3 rings (SSSR count). The van der Waals surface area contributed by atoms with Gasteiger partial charge in [0, 0.05) is 10.4 Å². The summed E-state index contributed by atoms with van der Waals surface area (Å²) >= 11 is 1.75. The van der Waals surface area contributed by atoms with E-state index in [0.29, 0.717) is 0 Å². The van der Waals surface area contributed by atoms with Crippen LogP contribution in [0.15, 0.2) is 53.9 Å². The molecule has 0 aliphatic carbocycles. The summed E-state index contributed by atoms with van der Waals surface area (Å²) in [5, 5.41) is 6.70. The summed E-state index contributed by atoms with van der Waals surface area (Å²) in [4.78, 5) is 0. The van der Waals surface area contributed by atoms with Gasteiger partial charge in [-0.15, -0.1) is 11.3 Å². The standard InChI is InChI=1S/C14H12N2S/c15-12-3-1-2-4-13(12)16-11-5-6-14-10(9-11)7-8-17-14/h1-9,16H,15H2. The average Bonchev–Trinajstić information content (AvgIpc) is 2.79. The highest BCUT2D eigenvalue weighted by molar-refractivity contribution is 7.17. The van der Waals surface area contributed by atoms with Gasteiger partial charge in [0.05, 0.1) is 11.4 Å². The van der Waals surface area contributed by atoms with Crippen molar-refractivity contribution >= 4 is 38.5 Å². The lowest BCUT2D eigenvalue weighted by Crippen LogP contribution is -1.95. The van der Waals surface area contributed by atoms with Crippen LogP contribution in [-0.4, -0.2) is 0 Å².